The molecule has 44 heavy (non-hydrogen) atoms. The van der Waals surface area contributed by atoms with Gasteiger partial charge in [-0.05, 0) is 93.6 Å². The maximum Gasteiger partial charge on any atom is 0.256 e. The number of pyridine rings is 1. The Balaban J connectivity index is 1.70. The quantitative estimate of drug-likeness (QED) is 0.194. The average Bonchev–Trinajstić information content (AvgIpc) is 2.98. The van der Waals surface area contributed by atoms with Gasteiger partial charge in [0.05, 0.1) is 5.69 Å². The number of nitrogens with one attached hydrogen (secondary N) is 1. The largest absolute Gasteiger partial charge is 0.356 e. The van der Waals surface area contributed by atoms with E-state index >= 15 is 8.78 Å². The van der Waals surface area contributed by atoms with E-state index in [1.54, 1.807) is 18.2 Å². The van der Waals surface area contributed by atoms with Crippen LogP contribution >= 0.6 is 0 Å². The topological polar surface area (TPSA) is 66.3 Å². The lowest BCUT2D eigenvalue weighted by atomic mass is 9.98. The normalized spacial score (nSPS) is 11.3. The summed E-state index contributed by atoms with van der Waals surface area (Å²) in [7, 11) is 5.81. The second-order valence-electron chi connectivity index (χ2n) is 10.9. The van der Waals surface area contributed by atoms with Gasteiger partial charge in [0, 0.05) is 42.0 Å². The summed E-state index contributed by atoms with van der Waals surface area (Å²) >= 11 is 0. The molecule has 0 unspecified atom stereocenters. The average molecular weight is 599 g/mol. The summed E-state index contributed by atoms with van der Waals surface area (Å²) in [4.78, 5) is 26.8. The highest BCUT2D eigenvalue weighted by atomic mass is 19.1. The number of benzene rings is 3. The maximum atomic E-state index is 15.1. The molecular formula is C34H33F3N6O. The van der Waals surface area contributed by atoms with Crippen molar-refractivity contribution in [3.63, 3.8) is 0 Å². The van der Waals surface area contributed by atoms with Gasteiger partial charge in [-0.25, -0.2) is 18.2 Å². The highest BCUT2D eigenvalue weighted by Crippen LogP contribution is 2.33. The Labute approximate surface area is 253 Å². The van der Waals surface area contributed by atoms with Crippen molar-refractivity contribution in [3.8, 4) is 16.9 Å². The number of fused-ring (bicyclic) bond motifs is 1. The van der Waals surface area contributed by atoms with Gasteiger partial charge in [-0.1, -0.05) is 24.8 Å². The lowest BCUT2D eigenvalue weighted by Gasteiger charge is -2.22. The van der Waals surface area contributed by atoms with Gasteiger partial charge in [-0.2, -0.15) is 4.98 Å². The molecule has 0 aliphatic rings. The second-order valence-corrected chi connectivity index (χ2v) is 10.9. The van der Waals surface area contributed by atoms with Crippen LogP contribution in [0.2, 0.25) is 0 Å². The summed E-state index contributed by atoms with van der Waals surface area (Å²) < 4.78 is 44.6. The smallest absolute Gasteiger partial charge is 0.256 e. The van der Waals surface area contributed by atoms with Crippen LogP contribution in [0.1, 0.15) is 17.5 Å². The van der Waals surface area contributed by atoms with E-state index in [0.717, 1.165) is 46.4 Å². The number of nitrogens with zero attached hydrogens (tertiary/aromatic N) is 5. The van der Waals surface area contributed by atoms with E-state index in [2.05, 4.69) is 16.8 Å². The molecule has 0 atom stereocenters. The fraction of sp³-hybridized carbons (Fsp3) is 0.206. The molecule has 10 heteroatoms. The summed E-state index contributed by atoms with van der Waals surface area (Å²) in [6.45, 7) is 7.53. The zero-order valence-corrected chi connectivity index (χ0v) is 25.0. The fourth-order valence-electron chi connectivity index (χ4n) is 4.97. The first-order chi connectivity index (χ1) is 21.0. The van der Waals surface area contributed by atoms with Crippen LogP contribution in [-0.2, 0) is 0 Å². The Morgan fingerprint density at radius 1 is 0.909 bits per heavy atom. The summed E-state index contributed by atoms with van der Waals surface area (Å²) in [6.07, 6.45) is 0.813. The highest BCUT2D eigenvalue weighted by molar-refractivity contribution is 5.94. The first kappa shape index (κ1) is 30.5. The van der Waals surface area contributed by atoms with E-state index in [1.165, 1.54) is 24.3 Å². The van der Waals surface area contributed by atoms with Crippen molar-refractivity contribution in [2.45, 2.75) is 13.3 Å². The molecule has 7 nitrogen and oxygen atoms in total. The zero-order valence-electron chi connectivity index (χ0n) is 25.0. The van der Waals surface area contributed by atoms with Crippen molar-refractivity contribution >= 4 is 28.4 Å². The molecule has 226 valence electrons. The standard InChI is InChI=1S/C34H33F3N6O/c1-21-10-11-23(22(2)38-25-14-12-24(35)13-15-25)20-27(21)31-26-16-17-30(44)43(32-28(36)8-6-9-29(32)37)33(26)40-34(39-31)42(5)19-7-18-41(3)4/h6,8-17,20,38H,2,7,18-19H2,1,3-5H3. The molecule has 0 saturated heterocycles. The molecule has 0 amide bonds. The Hall–Kier alpha value is -4.96. The third-order valence-corrected chi connectivity index (χ3v) is 7.32. The van der Waals surface area contributed by atoms with Gasteiger partial charge in [0.2, 0.25) is 5.95 Å². The van der Waals surface area contributed by atoms with Gasteiger partial charge in [0.1, 0.15) is 23.1 Å². The van der Waals surface area contributed by atoms with Gasteiger partial charge in [0.15, 0.2) is 5.65 Å². The predicted octanol–water partition coefficient (Wildman–Crippen LogP) is 6.64. The number of aryl methyl sites for hydroxylation is 1. The number of para-hydroxylation sites is 1. The summed E-state index contributed by atoms with van der Waals surface area (Å²) in [5, 5.41) is 3.64. The van der Waals surface area contributed by atoms with Gasteiger partial charge in [-0.3, -0.25) is 9.36 Å². The lowest BCUT2D eigenvalue weighted by Crippen LogP contribution is -2.26. The highest BCUT2D eigenvalue weighted by Gasteiger charge is 2.21. The Bertz CT molecular complexity index is 1880. The molecule has 1 N–H and O–H groups in total. The predicted molar refractivity (Wildman–Crippen MR) is 171 cm³/mol. The van der Waals surface area contributed by atoms with Gasteiger partial charge < -0.3 is 15.1 Å². The van der Waals surface area contributed by atoms with E-state index in [0.29, 0.717) is 35.0 Å². The first-order valence-corrected chi connectivity index (χ1v) is 14.1. The minimum atomic E-state index is -0.887. The molecule has 0 saturated carbocycles. The van der Waals surface area contributed by atoms with Crippen LogP contribution in [0.15, 0.2) is 84.2 Å². The fourth-order valence-corrected chi connectivity index (χ4v) is 4.97. The van der Waals surface area contributed by atoms with E-state index in [-0.39, 0.29) is 11.5 Å². The van der Waals surface area contributed by atoms with Crippen molar-refractivity contribution in [2.24, 2.45) is 0 Å². The monoisotopic (exact) mass is 598 g/mol. The second kappa shape index (κ2) is 12.7. The molecule has 5 aromatic rings. The minimum absolute atomic E-state index is 0.0778. The van der Waals surface area contributed by atoms with E-state index < -0.39 is 22.9 Å². The van der Waals surface area contributed by atoms with Crippen LogP contribution in [-0.4, -0.2) is 53.7 Å². The molecule has 3 aromatic carbocycles. The van der Waals surface area contributed by atoms with Crippen LogP contribution < -0.4 is 15.8 Å². The zero-order chi connectivity index (χ0) is 31.5. The van der Waals surface area contributed by atoms with E-state index in [1.807, 2.05) is 51.2 Å². The van der Waals surface area contributed by atoms with Crippen LogP contribution in [0.3, 0.4) is 0 Å². The minimum Gasteiger partial charge on any atom is -0.356 e. The number of hydrogen-bond donors (Lipinski definition) is 1. The molecule has 5 rings (SSSR count). The van der Waals surface area contributed by atoms with E-state index in [9.17, 15) is 9.18 Å². The summed E-state index contributed by atoms with van der Waals surface area (Å²) in [5.41, 5.74) is 3.02. The Morgan fingerprint density at radius 3 is 2.30 bits per heavy atom. The van der Waals surface area contributed by atoms with Gasteiger partial charge in [0.25, 0.3) is 5.56 Å². The molecule has 0 spiro atoms. The first-order valence-electron chi connectivity index (χ1n) is 14.1. The number of halogens is 3. The van der Waals surface area contributed by atoms with Gasteiger partial charge >= 0.3 is 0 Å². The van der Waals surface area contributed by atoms with Crippen molar-refractivity contribution in [3.05, 3.63) is 118 Å². The molecule has 0 fully saturated rings. The number of anilines is 2. The number of aromatic nitrogens is 3. The van der Waals surface area contributed by atoms with Crippen molar-refractivity contribution in [1.82, 2.24) is 19.4 Å². The Morgan fingerprint density at radius 2 is 1.61 bits per heavy atom. The molecule has 0 bridgehead atoms. The van der Waals surface area contributed by atoms with Crippen LogP contribution in [0.5, 0.6) is 0 Å². The van der Waals surface area contributed by atoms with Crippen LogP contribution in [0.4, 0.5) is 24.8 Å². The van der Waals surface area contributed by atoms with Crippen molar-refractivity contribution in [1.29, 1.82) is 0 Å². The molecule has 2 heterocycles. The third kappa shape index (κ3) is 6.35. The summed E-state index contributed by atoms with van der Waals surface area (Å²) in [6, 6.07) is 18.0. The van der Waals surface area contributed by atoms with Crippen LogP contribution in [0, 0.1) is 24.4 Å². The van der Waals surface area contributed by atoms with Gasteiger partial charge in [-0.15, -0.1) is 0 Å². The Kier molecular flexibility index (Phi) is 8.82. The van der Waals surface area contributed by atoms with E-state index in [4.69, 9.17) is 9.97 Å². The number of hydrogen-bond acceptors (Lipinski definition) is 6. The SMILES string of the molecule is C=C(Nc1ccc(F)cc1)c1ccc(C)c(-c2nc(N(C)CCCN(C)C)nc3c2ccc(=O)n3-c2c(F)cccc2F)c1. The maximum absolute atomic E-state index is 15.1. The third-order valence-electron chi connectivity index (χ3n) is 7.32. The molecule has 0 radical (unpaired) electrons. The molecule has 0 aliphatic carbocycles. The van der Waals surface area contributed by atoms with Crippen molar-refractivity contribution < 1.29 is 13.2 Å². The summed E-state index contributed by atoms with van der Waals surface area (Å²) in [5.74, 6) is -1.81. The molecule has 2 aromatic heterocycles. The van der Waals surface area contributed by atoms with Crippen molar-refractivity contribution in [2.75, 3.05) is 44.4 Å². The lowest BCUT2D eigenvalue weighted by molar-refractivity contribution is 0.401. The van der Waals surface area contributed by atoms with Crippen LogP contribution in [0.25, 0.3) is 33.7 Å². The number of rotatable bonds is 10. The molecule has 0 aliphatic heterocycles. The molecular weight excluding hydrogens is 565 g/mol.